The molecule has 1 saturated carbocycles. The zero-order chi connectivity index (χ0) is 8.40. The Hall–Kier alpha value is -0.0400. The van der Waals surface area contributed by atoms with Gasteiger partial charge in [0, 0.05) is 19.6 Å². The van der Waals surface area contributed by atoms with E-state index in [4.69, 9.17) is 0 Å². The second kappa shape index (κ2) is 1.89. The van der Waals surface area contributed by atoms with Crippen LogP contribution in [0.5, 0.6) is 0 Å². The molecule has 0 spiro atoms. The van der Waals surface area contributed by atoms with E-state index in [0.717, 1.165) is 5.92 Å². The first kappa shape index (κ1) is 7.37. The summed E-state index contributed by atoms with van der Waals surface area (Å²) in [5, 5.41) is 0. The predicted octanol–water partition coefficient (Wildman–Crippen LogP) is 2.13. The van der Waals surface area contributed by atoms with Crippen LogP contribution in [0.3, 0.4) is 0 Å². The fourth-order valence-electron chi connectivity index (χ4n) is 4.64. The normalized spacial score (nSPS) is 62.5. The lowest BCUT2D eigenvalue weighted by atomic mass is 9.54. The maximum absolute atomic E-state index is 2.71. The Kier molecular flexibility index (Phi) is 1.16. The van der Waals surface area contributed by atoms with E-state index in [1.807, 2.05) is 0 Å². The highest BCUT2D eigenvalue weighted by molar-refractivity contribution is 5.05. The van der Waals surface area contributed by atoms with Crippen LogP contribution < -0.4 is 0 Å². The maximum Gasteiger partial charge on any atom is 0.00360 e. The highest BCUT2D eigenvalue weighted by atomic mass is 15.2. The summed E-state index contributed by atoms with van der Waals surface area (Å²) < 4.78 is 0. The second-order valence-corrected chi connectivity index (χ2v) is 6.24. The summed E-state index contributed by atoms with van der Waals surface area (Å²) in [6.45, 7) is 9.19. The van der Waals surface area contributed by atoms with Gasteiger partial charge in [-0.2, -0.15) is 0 Å². The molecule has 4 fully saturated rings. The van der Waals surface area contributed by atoms with Gasteiger partial charge in [-0.15, -0.1) is 0 Å². The van der Waals surface area contributed by atoms with E-state index < -0.39 is 0 Å². The first-order chi connectivity index (χ1) is 5.57. The number of rotatable bonds is 0. The average molecular weight is 165 g/mol. The van der Waals surface area contributed by atoms with Gasteiger partial charge in [-0.3, -0.25) is 0 Å². The van der Waals surface area contributed by atoms with Gasteiger partial charge >= 0.3 is 0 Å². The summed E-state index contributed by atoms with van der Waals surface area (Å²) in [7, 11) is 0. The Bertz CT molecular complexity index is 187. The smallest absolute Gasteiger partial charge is 0.00360 e. The van der Waals surface area contributed by atoms with Crippen LogP contribution in [0.2, 0.25) is 0 Å². The molecule has 1 nitrogen and oxygen atoms in total. The second-order valence-electron chi connectivity index (χ2n) is 6.24. The third-order valence-electron chi connectivity index (χ3n) is 4.14. The summed E-state index contributed by atoms with van der Waals surface area (Å²) in [5.74, 6) is 1.04. The molecule has 2 unspecified atom stereocenters. The van der Waals surface area contributed by atoms with Crippen molar-refractivity contribution in [3.63, 3.8) is 0 Å². The van der Waals surface area contributed by atoms with Crippen molar-refractivity contribution < 1.29 is 0 Å². The highest BCUT2D eigenvalue weighted by Gasteiger charge is 2.52. The largest absolute Gasteiger partial charge is 0.302 e. The molecule has 1 heteroatoms. The van der Waals surface area contributed by atoms with Gasteiger partial charge in [-0.1, -0.05) is 13.8 Å². The first-order valence-corrected chi connectivity index (χ1v) is 5.29. The fraction of sp³-hybridized carbons (Fsp3) is 1.00. The van der Waals surface area contributed by atoms with Gasteiger partial charge in [0.1, 0.15) is 0 Å². The lowest BCUT2D eigenvalue weighted by Crippen LogP contribution is -2.61. The molecule has 1 aliphatic carbocycles. The van der Waals surface area contributed by atoms with Crippen LogP contribution in [-0.2, 0) is 0 Å². The molecule has 0 aromatic heterocycles. The monoisotopic (exact) mass is 165 g/mol. The van der Waals surface area contributed by atoms with Crippen molar-refractivity contribution in [2.75, 3.05) is 19.6 Å². The molecular formula is C11H19N. The van der Waals surface area contributed by atoms with E-state index in [1.54, 1.807) is 0 Å². The van der Waals surface area contributed by atoms with E-state index in [1.165, 1.54) is 38.9 Å². The zero-order valence-electron chi connectivity index (χ0n) is 8.27. The van der Waals surface area contributed by atoms with Gasteiger partial charge in [0.05, 0.1) is 0 Å². The first-order valence-electron chi connectivity index (χ1n) is 5.29. The SMILES string of the molecule is CC12CC3CN(C1)CC(C)(C3)C2. The van der Waals surface area contributed by atoms with Crippen LogP contribution in [0.1, 0.15) is 33.1 Å². The van der Waals surface area contributed by atoms with Crippen molar-refractivity contribution in [2.24, 2.45) is 16.7 Å². The minimum Gasteiger partial charge on any atom is -0.302 e. The number of hydrogen-bond donors (Lipinski definition) is 0. The average Bonchev–Trinajstić information content (AvgIpc) is 1.75. The summed E-state index contributed by atoms with van der Waals surface area (Å²) in [6, 6.07) is 0. The minimum absolute atomic E-state index is 0.689. The van der Waals surface area contributed by atoms with Crippen LogP contribution in [0, 0.1) is 16.7 Å². The Morgan fingerprint density at radius 1 is 1.08 bits per heavy atom. The molecule has 4 bridgehead atoms. The third kappa shape index (κ3) is 0.891. The topological polar surface area (TPSA) is 3.24 Å². The van der Waals surface area contributed by atoms with Crippen molar-refractivity contribution >= 4 is 0 Å². The van der Waals surface area contributed by atoms with Gasteiger partial charge in [0.25, 0.3) is 0 Å². The molecule has 3 heterocycles. The number of hydrogen-bond acceptors (Lipinski definition) is 1. The van der Waals surface area contributed by atoms with Crippen molar-refractivity contribution in [3.05, 3.63) is 0 Å². The third-order valence-corrected chi connectivity index (χ3v) is 4.14. The van der Waals surface area contributed by atoms with Gasteiger partial charge in [-0.25, -0.2) is 0 Å². The highest BCUT2D eigenvalue weighted by Crippen LogP contribution is 2.56. The minimum atomic E-state index is 0.689. The van der Waals surface area contributed by atoms with E-state index in [2.05, 4.69) is 18.7 Å². The van der Waals surface area contributed by atoms with E-state index in [0.29, 0.717) is 10.8 Å². The van der Waals surface area contributed by atoms with Crippen molar-refractivity contribution in [2.45, 2.75) is 33.1 Å². The van der Waals surface area contributed by atoms with Crippen molar-refractivity contribution in [1.82, 2.24) is 4.90 Å². The summed E-state index contributed by atoms with van der Waals surface area (Å²) in [5.41, 5.74) is 1.38. The van der Waals surface area contributed by atoms with Crippen LogP contribution in [0.25, 0.3) is 0 Å². The maximum atomic E-state index is 2.71. The lowest BCUT2D eigenvalue weighted by molar-refractivity contribution is -0.115. The van der Waals surface area contributed by atoms with Crippen LogP contribution in [0.15, 0.2) is 0 Å². The molecule has 3 saturated heterocycles. The van der Waals surface area contributed by atoms with Crippen LogP contribution >= 0.6 is 0 Å². The predicted molar refractivity (Wildman–Crippen MR) is 50.0 cm³/mol. The summed E-state index contributed by atoms with van der Waals surface area (Å²) in [4.78, 5) is 2.71. The van der Waals surface area contributed by atoms with Crippen molar-refractivity contribution in [1.29, 1.82) is 0 Å². The number of piperidine rings is 3. The molecule has 0 amide bonds. The quantitative estimate of drug-likeness (QED) is 0.531. The van der Waals surface area contributed by atoms with E-state index >= 15 is 0 Å². The van der Waals surface area contributed by atoms with Crippen molar-refractivity contribution in [3.8, 4) is 0 Å². The molecule has 2 atom stereocenters. The Balaban J connectivity index is 1.98. The molecule has 0 aromatic carbocycles. The van der Waals surface area contributed by atoms with Crippen LogP contribution in [-0.4, -0.2) is 24.5 Å². The zero-order valence-corrected chi connectivity index (χ0v) is 8.27. The van der Waals surface area contributed by atoms with Gasteiger partial charge < -0.3 is 4.90 Å². The summed E-state index contributed by atoms with van der Waals surface area (Å²) in [6.07, 6.45) is 4.52. The number of nitrogens with zero attached hydrogens (tertiary/aromatic N) is 1. The molecule has 4 aliphatic rings. The van der Waals surface area contributed by atoms with E-state index in [9.17, 15) is 0 Å². The Morgan fingerprint density at radius 2 is 1.67 bits per heavy atom. The molecule has 0 N–H and O–H groups in total. The van der Waals surface area contributed by atoms with Crippen LogP contribution in [0.4, 0.5) is 0 Å². The molecule has 68 valence electrons. The van der Waals surface area contributed by atoms with Gasteiger partial charge in [0.2, 0.25) is 0 Å². The molecule has 4 rings (SSSR count). The fourth-order valence-corrected chi connectivity index (χ4v) is 4.64. The van der Waals surface area contributed by atoms with Gasteiger partial charge in [0.15, 0.2) is 0 Å². The summed E-state index contributed by atoms with van der Waals surface area (Å²) >= 11 is 0. The van der Waals surface area contributed by atoms with Gasteiger partial charge in [-0.05, 0) is 36.0 Å². The standard InChI is InChI=1S/C11H19N/c1-10-3-9-4-11(2,6-10)8-12(5-9)7-10/h9H,3-8H2,1-2H3. The Morgan fingerprint density at radius 3 is 2.08 bits per heavy atom. The lowest BCUT2D eigenvalue weighted by Gasteiger charge is -2.61. The molecule has 0 radical (unpaired) electrons. The molecule has 12 heavy (non-hydrogen) atoms. The molecule has 3 aliphatic heterocycles. The molecule has 0 aromatic rings. The Labute approximate surface area is 75.1 Å². The van der Waals surface area contributed by atoms with E-state index in [-0.39, 0.29) is 0 Å². The molecular weight excluding hydrogens is 146 g/mol.